The number of aromatic nitrogens is 2. The first-order valence-electron chi connectivity index (χ1n) is 6.30. The highest BCUT2D eigenvalue weighted by molar-refractivity contribution is 5.88. The van der Waals surface area contributed by atoms with Gasteiger partial charge in [-0.25, -0.2) is 4.79 Å². The second-order valence-corrected chi connectivity index (χ2v) is 4.71. The van der Waals surface area contributed by atoms with Crippen molar-refractivity contribution in [2.24, 2.45) is 0 Å². The van der Waals surface area contributed by atoms with E-state index in [1.54, 1.807) is 4.68 Å². The third-order valence-corrected chi connectivity index (χ3v) is 3.45. The molecular formula is C12H20N4O2. The minimum Gasteiger partial charge on any atom is -0.478 e. The predicted molar refractivity (Wildman–Crippen MR) is 67.6 cm³/mol. The maximum Gasteiger partial charge on any atom is 0.339 e. The smallest absolute Gasteiger partial charge is 0.339 e. The van der Waals surface area contributed by atoms with Crippen LogP contribution in [-0.2, 0) is 13.1 Å². The number of hydrogen-bond acceptors (Lipinski definition) is 4. The fourth-order valence-corrected chi connectivity index (χ4v) is 2.25. The van der Waals surface area contributed by atoms with E-state index >= 15 is 0 Å². The van der Waals surface area contributed by atoms with Gasteiger partial charge in [0.25, 0.3) is 0 Å². The number of nitrogens with zero attached hydrogens (tertiary/aromatic N) is 4. The molecule has 1 N–H and O–H groups in total. The number of rotatable bonds is 4. The minimum atomic E-state index is -0.890. The summed E-state index contributed by atoms with van der Waals surface area (Å²) >= 11 is 0. The standard InChI is InChI=1S/C12H20N4O2/c1-3-16-11(10(8-13-16)12(17)18)9-15-6-4-14(2)5-7-15/h8H,3-7,9H2,1-2H3,(H,17,18). The van der Waals surface area contributed by atoms with Gasteiger partial charge in [-0.1, -0.05) is 0 Å². The zero-order valence-corrected chi connectivity index (χ0v) is 11.0. The summed E-state index contributed by atoms with van der Waals surface area (Å²) in [5.41, 5.74) is 1.14. The summed E-state index contributed by atoms with van der Waals surface area (Å²) in [6, 6.07) is 0. The van der Waals surface area contributed by atoms with Crippen LogP contribution in [0.5, 0.6) is 0 Å². The average molecular weight is 252 g/mol. The number of carboxylic acid groups (broad SMARTS) is 1. The molecule has 0 unspecified atom stereocenters. The summed E-state index contributed by atoms with van der Waals surface area (Å²) in [6.07, 6.45) is 1.46. The lowest BCUT2D eigenvalue weighted by molar-refractivity contribution is 0.0692. The number of carbonyl (C=O) groups is 1. The highest BCUT2D eigenvalue weighted by Crippen LogP contribution is 2.13. The van der Waals surface area contributed by atoms with Crippen LogP contribution in [0.4, 0.5) is 0 Å². The molecule has 1 saturated heterocycles. The third-order valence-electron chi connectivity index (χ3n) is 3.45. The molecule has 2 rings (SSSR count). The van der Waals surface area contributed by atoms with Gasteiger partial charge >= 0.3 is 5.97 Å². The van der Waals surface area contributed by atoms with Crippen LogP contribution >= 0.6 is 0 Å². The average Bonchev–Trinajstić information content (AvgIpc) is 2.75. The summed E-state index contributed by atoms with van der Waals surface area (Å²) in [5.74, 6) is -0.890. The molecule has 0 radical (unpaired) electrons. The lowest BCUT2D eigenvalue weighted by Gasteiger charge is -2.32. The van der Waals surface area contributed by atoms with Gasteiger partial charge in [0.2, 0.25) is 0 Å². The summed E-state index contributed by atoms with van der Waals surface area (Å²) in [4.78, 5) is 15.7. The number of aromatic carboxylic acids is 1. The molecule has 2 heterocycles. The maximum atomic E-state index is 11.2. The van der Waals surface area contributed by atoms with Gasteiger partial charge in [0.05, 0.1) is 11.9 Å². The van der Waals surface area contributed by atoms with E-state index in [1.807, 2.05) is 6.92 Å². The van der Waals surface area contributed by atoms with Crippen LogP contribution < -0.4 is 0 Å². The Morgan fingerprint density at radius 3 is 2.61 bits per heavy atom. The molecular weight excluding hydrogens is 232 g/mol. The van der Waals surface area contributed by atoms with Crippen molar-refractivity contribution in [3.8, 4) is 0 Å². The third kappa shape index (κ3) is 2.70. The summed E-state index contributed by atoms with van der Waals surface area (Å²) in [7, 11) is 2.11. The van der Waals surface area contributed by atoms with Crippen molar-refractivity contribution >= 4 is 5.97 Å². The fourth-order valence-electron chi connectivity index (χ4n) is 2.25. The topological polar surface area (TPSA) is 61.6 Å². The summed E-state index contributed by atoms with van der Waals surface area (Å²) in [6.45, 7) is 7.37. The number of hydrogen-bond donors (Lipinski definition) is 1. The highest BCUT2D eigenvalue weighted by atomic mass is 16.4. The van der Waals surface area contributed by atoms with Crippen LogP contribution in [0.2, 0.25) is 0 Å². The Morgan fingerprint density at radius 1 is 1.39 bits per heavy atom. The van der Waals surface area contributed by atoms with Crippen molar-refractivity contribution in [1.82, 2.24) is 19.6 Å². The van der Waals surface area contributed by atoms with Gasteiger partial charge in [-0.2, -0.15) is 5.10 Å². The van der Waals surface area contributed by atoms with Crippen molar-refractivity contribution in [3.05, 3.63) is 17.5 Å². The molecule has 6 nitrogen and oxygen atoms in total. The number of piperazine rings is 1. The van der Waals surface area contributed by atoms with Crippen molar-refractivity contribution in [3.63, 3.8) is 0 Å². The van der Waals surface area contributed by atoms with Crippen molar-refractivity contribution in [2.45, 2.75) is 20.0 Å². The van der Waals surface area contributed by atoms with E-state index in [9.17, 15) is 4.79 Å². The molecule has 0 spiro atoms. The molecule has 0 aromatic carbocycles. The molecule has 0 bridgehead atoms. The first-order valence-corrected chi connectivity index (χ1v) is 6.30. The van der Waals surface area contributed by atoms with Gasteiger partial charge < -0.3 is 10.0 Å². The second kappa shape index (κ2) is 5.49. The molecule has 1 aromatic rings. The highest BCUT2D eigenvalue weighted by Gasteiger charge is 2.20. The molecule has 0 saturated carbocycles. The van der Waals surface area contributed by atoms with E-state index in [-0.39, 0.29) is 0 Å². The van der Waals surface area contributed by atoms with Gasteiger partial charge in [-0.05, 0) is 14.0 Å². The number of likely N-dealkylation sites (N-methyl/N-ethyl adjacent to an activating group) is 1. The molecule has 100 valence electrons. The molecule has 18 heavy (non-hydrogen) atoms. The molecule has 0 atom stereocenters. The van der Waals surface area contributed by atoms with E-state index in [2.05, 4.69) is 21.9 Å². The molecule has 1 fully saturated rings. The molecule has 1 aliphatic rings. The Bertz CT molecular complexity index is 422. The van der Waals surface area contributed by atoms with Crippen molar-refractivity contribution < 1.29 is 9.90 Å². The van der Waals surface area contributed by atoms with E-state index in [4.69, 9.17) is 5.11 Å². The second-order valence-electron chi connectivity index (χ2n) is 4.71. The number of aryl methyl sites for hydroxylation is 1. The Kier molecular flexibility index (Phi) is 3.98. The van der Waals surface area contributed by atoms with Crippen LogP contribution in [0.15, 0.2) is 6.20 Å². The first kappa shape index (κ1) is 13.0. The quantitative estimate of drug-likeness (QED) is 0.837. The van der Waals surface area contributed by atoms with Crippen LogP contribution in [0.3, 0.4) is 0 Å². The van der Waals surface area contributed by atoms with Crippen LogP contribution in [-0.4, -0.2) is 63.9 Å². The zero-order chi connectivity index (χ0) is 13.1. The van der Waals surface area contributed by atoms with Gasteiger partial charge in [0, 0.05) is 39.3 Å². The van der Waals surface area contributed by atoms with Crippen molar-refractivity contribution in [1.29, 1.82) is 0 Å². The largest absolute Gasteiger partial charge is 0.478 e. The summed E-state index contributed by atoms with van der Waals surface area (Å²) in [5, 5.41) is 13.3. The zero-order valence-electron chi connectivity index (χ0n) is 11.0. The van der Waals surface area contributed by atoms with E-state index in [0.29, 0.717) is 18.7 Å². The predicted octanol–water partition coefficient (Wildman–Crippen LogP) is 0.349. The Balaban J connectivity index is 2.12. The van der Waals surface area contributed by atoms with E-state index in [1.165, 1.54) is 6.20 Å². The molecule has 1 aliphatic heterocycles. The lowest BCUT2D eigenvalue weighted by Crippen LogP contribution is -2.44. The van der Waals surface area contributed by atoms with Crippen molar-refractivity contribution in [2.75, 3.05) is 33.2 Å². The molecule has 0 amide bonds. The van der Waals surface area contributed by atoms with E-state index < -0.39 is 5.97 Å². The van der Waals surface area contributed by atoms with Gasteiger partial charge in [0.15, 0.2) is 0 Å². The Labute approximate surface area is 107 Å². The van der Waals surface area contributed by atoms with Gasteiger partial charge in [0.1, 0.15) is 5.56 Å². The monoisotopic (exact) mass is 252 g/mol. The normalized spacial score (nSPS) is 18.1. The maximum absolute atomic E-state index is 11.2. The lowest BCUT2D eigenvalue weighted by atomic mass is 10.2. The molecule has 0 aliphatic carbocycles. The van der Waals surface area contributed by atoms with Crippen LogP contribution in [0.25, 0.3) is 0 Å². The number of carboxylic acids is 1. The fraction of sp³-hybridized carbons (Fsp3) is 0.667. The minimum absolute atomic E-state index is 0.329. The Morgan fingerprint density at radius 2 is 2.06 bits per heavy atom. The molecule has 6 heteroatoms. The van der Waals surface area contributed by atoms with Gasteiger partial charge in [-0.15, -0.1) is 0 Å². The van der Waals surface area contributed by atoms with Crippen LogP contribution in [0.1, 0.15) is 23.0 Å². The van der Waals surface area contributed by atoms with Crippen LogP contribution in [0, 0.1) is 0 Å². The first-order chi connectivity index (χ1) is 8.61. The van der Waals surface area contributed by atoms with E-state index in [0.717, 1.165) is 31.9 Å². The summed E-state index contributed by atoms with van der Waals surface area (Å²) < 4.78 is 1.78. The van der Waals surface area contributed by atoms with Gasteiger partial charge in [-0.3, -0.25) is 9.58 Å². The molecule has 1 aromatic heterocycles. The SMILES string of the molecule is CCn1ncc(C(=O)O)c1CN1CCN(C)CC1. The Hall–Kier alpha value is -1.40.